The van der Waals surface area contributed by atoms with Crippen LogP contribution in [0.1, 0.15) is 11.1 Å². The second kappa shape index (κ2) is 6.31. The summed E-state index contributed by atoms with van der Waals surface area (Å²) in [4.78, 5) is 11.2. The van der Waals surface area contributed by atoms with E-state index in [0.717, 1.165) is 18.2 Å². The van der Waals surface area contributed by atoms with Crippen LogP contribution in [0.5, 0.6) is 5.75 Å². The maximum absolute atomic E-state index is 12.8. The van der Waals surface area contributed by atoms with Gasteiger partial charge >= 0.3 is 12.8 Å². The summed E-state index contributed by atoms with van der Waals surface area (Å²) in [6.45, 7) is -3.26. The molecule has 2 nitrogen and oxygen atoms in total. The molecule has 0 atom stereocenters. The third kappa shape index (κ3) is 4.45. The van der Waals surface area contributed by atoms with Gasteiger partial charge in [0, 0.05) is 12.0 Å². The highest BCUT2D eigenvalue weighted by molar-refractivity contribution is 9.09. The van der Waals surface area contributed by atoms with Gasteiger partial charge in [0.05, 0.1) is 10.9 Å². The molecule has 0 heterocycles. The lowest BCUT2D eigenvalue weighted by Crippen LogP contribution is -2.16. The van der Waals surface area contributed by atoms with Crippen LogP contribution < -0.4 is 4.74 Å². The summed E-state index contributed by atoms with van der Waals surface area (Å²) in [5.74, 6) is -1.21. The first-order valence-corrected chi connectivity index (χ1v) is 6.09. The molecule has 0 radical (unpaired) electrons. The standard InChI is InChI=1S/C11H8BrF5O2/c12-5-6(18)4-7-8(11(15,16)17)2-1-3-9(7)19-10(13)14/h1-3,10H,4-5H2. The molecule has 0 saturated heterocycles. The molecular formula is C11H8BrF5O2. The van der Waals surface area contributed by atoms with Gasteiger partial charge in [-0.15, -0.1) is 0 Å². The maximum atomic E-state index is 12.8. The van der Waals surface area contributed by atoms with E-state index >= 15 is 0 Å². The van der Waals surface area contributed by atoms with E-state index < -0.39 is 41.9 Å². The number of carbonyl (C=O) groups is 1. The van der Waals surface area contributed by atoms with Crippen LogP contribution >= 0.6 is 15.9 Å². The minimum atomic E-state index is -4.75. The summed E-state index contributed by atoms with van der Waals surface area (Å²) in [7, 11) is 0. The summed E-state index contributed by atoms with van der Waals surface area (Å²) < 4.78 is 66.6. The monoisotopic (exact) mass is 346 g/mol. The van der Waals surface area contributed by atoms with Crippen LogP contribution in [-0.2, 0) is 17.4 Å². The summed E-state index contributed by atoms with van der Waals surface area (Å²) in [6.07, 6.45) is -5.38. The fourth-order valence-corrected chi connectivity index (χ4v) is 1.66. The van der Waals surface area contributed by atoms with Gasteiger partial charge in [-0.05, 0) is 12.1 Å². The molecule has 0 amide bonds. The number of hydrogen-bond acceptors (Lipinski definition) is 2. The molecule has 1 aromatic rings. The normalized spacial score (nSPS) is 11.7. The largest absolute Gasteiger partial charge is 0.435 e. The van der Waals surface area contributed by atoms with Crippen LogP contribution in [0.4, 0.5) is 22.0 Å². The van der Waals surface area contributed by atoms with Crippen LogP contribution in [0, 0.1) is 0 Å². The van der Waals surface area contributed by atoms with Gasteiger partial charge in [-0.1, -0.05) is 22.0 Å². The first-order valence-electron chi connectivity index (χ1n) is 4.97. The molecule has 0 aliphatic carbocycles. The molecule has 0 bridgehead atoms. The van der Waals surface area contributed by atoms with Crippen molar-refractivity contribution in [2.24, 2.45) is 0 Å². The van der Waals surface area contributed by atoms with Crippen LogP contribution in [0.3, 0.4) is 0 Å². The SMILES string of the molecule is O=C(CBr)Cc1c(OC(F)F)cccc1C(F)(F)F. The lowest BCUT2D eigenvalue weighted by Gasteiger charge is -2.16. The van der Waals surface area contributed by atoms with Gasteiger partial charge in [-0.3, -0.25) is 4.79 Å². The van der Waals surface area contributed by atoms with Gasteiger partial charge in [-0.2, -0.15) is 22.0 Å². The molecule has 0 aromatic heterocycles. The van der Waals surface area contributed by atoms with Gasteiger partial charge in [0.25, 0.3) is 0 Å². The van der Waals surface area contributed by atoms with Gasteiger partial charge in [-0.25, -0.2) is 0 Å². The number of Topliss-reactive ketones (excluding diaryl/α,β-unsaturated/α-hetero) is 1. The molecule has 106 valence electrons. The minimum absolute atomic E-state index is 0.173. The van der Waals surface area contributed by atoms with Crippen LogP contribution in [0.15, 0.2) is 18.2 Å². The van der Waals surface area contributed by atoms with Crippen LogP contribution in [-0.4, -0.2) is 17.7 Å². The Balaban J connectivity index is 3.27. The molecule has 8 heteroatoms. The van der Waals surface area contributed by atoms with E-state index in [1.165, 1.54) is 0 Å². The number of halogens is 6. The number of carbonyl (C=O) groups excluding carboxylic acids is 1. The highest BCUT2D eigenvalue weighted by atomic mass is 79.9. The van der Waals surface area contributed by atoms with Crippen molar-refractivity contribution in [3.05, 3.63) is 29.3 Å². The Kier molecular flexibility index (Phi) is 5.28. The van der Waals surface area contributed by atoms with E-state index in [0.29, 0.717) is 0 Å². The number of benzene rings is 1. The molecule has 0 spiro atoms. The maximum Gasteiger partial charge on any atom is 0.416 e. The quantitative estimate of drug-likeness (QED) is 0.598. The van der Waals surface area contributed by atoms with Crippen molar-refractivity contribution in [2.45, 2.75) is 19.2 Å². The average Bonchev–Trinajstić information content (AvgIpc) is 2.28. The second-order valence-electron chi connectivity index (χ2n) is 3.51. The van der Waals surface area contributed by atoms with Crippen molar-refractivity contribution in [3.8, 4) is 5.75 Å². The minimum Gasteiger partial charge on any atom is -0.435 e. The van der Waals surface area contributed by atoms with Gasteiger partial charge in [0.15, 0.2) is 0 Å². The van der Waals surface area contributed by atoms with Crippen molar-refractivity contribution in [1.82, 2.24) is 0 Å². The van der Waals surface area contributed by atoms with Gasteiger partial charge < -0.3 is 4.74 Å². The summed E-state index contributed by atoms with van der Waals surface area (Å²) >= 11 is 2.80. The average molecular weight is 347 g/mol. The first-order chi connectivity index (χ1) is 8.75. The topological polar surface area (TPSA) is 26.3 Å². The summed E-state index contributed by atoms with van der Waals surface area (Å²) in [5.41, 5.74) is -1.74. The van der Waals surface area contributed by atoms with Crippen molar-refractivity contribution >= 4 is 21.7 Å². The van der Waals surface area contributed by atoms with Crippen molar-refractivity contribution in [3.63, 3.8) is 0 Å². The zero-order valence-electron chi connectivity index (χ0n) is 9.31. The van der Waals surface area contributed by atoms with E-state index in [2.05, 4.69) is 20.7 Å². The lowest BCUT2D eigenvalue weighted by molar-refractivity contribution is -0.138. The molecule has 1 rings (SSSR count). The highest BCUT2D eigenvalue weighted by Gasteiger charge is 2.35. The molecular weight excluding hydrogens is 339 g/mol. The number of ether oxygens (including phenoxy) is 1. The zero-order chi connectivity index (χ0) is 14.6. The highest BCUT2D eigenvalue weighted by Crippen LogP contribution is 2.36. The zero-order valence-corrected chi connectivity index (χ0v) is 10.9. The van der Waals surface area contributed by atoms with Crippen molar-refractivity contribution in [2.75, 3.05) is 5.33 Å². The van der Waals surface area contributed by atoms with Crippen LogP contribution in [0.2, 0.25) is 0 Å². The number of hydrogen-bond donors (Lipinski definition) is 0. The Morgan fingerprint density at radius 2 is 1.95 bits per heavy atom. The number of alkyl halides is 6. The molecule has 0 aliphatic rings. The molecule has 0 saturated carbocycles. The summed E-state index contributed by atoms with van der Waals surface area (Å²) in [6, 6.07) is 2.63. The Morgan fingerprint density at radius 1 is 1.32 bits per heavy atom. The number of ketones is 1. The fraction of sp³-hybridized carbons (Fsp3) is 0.364. The van der Waals surface area contributed by atoms with Crippen molar-refractivity contribution < 1.29 is 31.5 Å². The first kappa shape index (κ1) is 15.9. The van der Waals surface area contributed by atoms with Crippen molar-refractivity contribution in [1.29, 1.82) is 0 Å². The smallest absolute Gasteiger partial charge is 0.416 e. The van der Waals surface area contributed by atoms with Crippen LogP contribution in [0.25, 0.3) is 0 Å². The Bertz CT molecular complexity index is 459. The molecule has 0 unspecified atom stereocenters. The van der Waals surface area contributed by atoms with E-state index in [4.69, 9.17) is 0 Å². The van der Waals surface area contributed by atoms with Gasteiger partial charge in [0.1, 0.15) is 11.5 Å². The number of rotatable bonds is 5. The Labute approximate surface area is 113 Å². The predicted molar refractivity (Wildman–Crippen MR) is 60.6 cm³/mol. The molecule has 1 aromatic carbocycles. The lowest BCUT2D eigenvalue weighted by atomic mass is 10.0. The second-order valence-corrected chi connectivity index (χ2v) is 4.07. The third-order valence-electron chi connectivity index (χ3n) is 2.18. The van der Waals surface area contributed by atoms with Gasteiger partial charge in [0.2, 0.25) is 0 Å². The fourth-order valence-electron chi connectivity index (χ4n) is 1.46. The molecule has 0 aliphatic heterocycles. The summed E-state index contributed by atoms with van der Waals surface area (Å²) in [5, 5.41) is -0.173. The van der Waals surface area contributed by atoms with E-state index in [-0.39, 0.29) is 5.33 Å². The molecule has 19 heavy (non-hydrogen) atoms. The van der Waals surface area contributed by atoms with E-state index in [1.807, 2.05) is 0 Å². The molecule has 0 fully saturated rings. The predicted octanol–water partition coefficient (Wildman–Crippen LogP) is 3.81. The molecule has 0 N–H and O–H groups in total. The van der Waals surface area contributed by atoms with E-state index in [9.17, 15) is 26.7 Å². The van der Waals surface area contributed by atoms with E-state index in [1.54, 1.807) is 0 Å². The Hall–Kier alpha value is -1.18. The Morgan fingerprint density at radius 3 is 2.42 bits per heavy atom. The third-order valence-corrected chi connectivity index (χ3v) is 2.80.